The van der Waals surface area contributed by atoms with Crippen LogP contribution in [0.2, 0.25) is 0 Å². The molecule has 0 radical (unpaired) electrons. The molecule has 0 fully saturated rings. The third kappa shape index (κ3) is 4.53. The zero-order valence-electron chi connectivity index (χ0n) is 15.2. The summed E-state index contributed by atoms with van der Waals surface area (Å²) in [6, 6.07) is 5.42. The molecule has 1 aromatic carbocycles. The number of methoxy groups -OCH3 is 2. The van der Waals surface area contributed by atoms with Crippen LogP contribution < -0.4 is 19.9 Å². The van der Waals surface area contributed by atoms with Gasteiger partial charge in [-0.25, -0.2) is 18.4 Å². The van der Waals surface area contributed by atoms with E-state index in [2.05, 4.69) is 15.3 Å². The fraction of sp³-hybridized carbons (Fsp3) is 0.250. The number of hydrogen-bond acceptors (Lipinski definition) is 8. The van der Waals surface area contributed by atoms with E-state index in [0.29, 0.717) is 0 Å². The number of nitrogens with zero attached hydrogens (tertiary/aromatic N) is 2. The Morgan fingerprint density at radius 3 is 2.21 bits per heavy atom. The summed E-state index contributed by atoms with van der Waals surface area (Å²) in [5.41, 5.74) is -0.346. The third-order valence-corrected chi connectivity index (χ3v) is 4.82. The summed E-state index contributed by atoms with van der Waals surface area (Å²) in [6.07, 6.45) is 0. The number of nitrogens with one attached hydrogen (secondary N) is 1. The maximum Gasteiger partial charge on any atom is 0.336 e. The van der Waals surface area contributed by atoms with E-state index in [0.717, 1.165) is 0 Å². The number of aryl methyl sites for hydroxylation is 1. The Kier molecular flexibility index (Phi) is 6.16. The van der Waals surface area contributed by atoms with E-state index in [1.54, 1.807) is 0 Å². The highest BCUT2D eigenvalue weighted by Crippen LogP contribution is 2.29. The minimum atomic E-state index is -4.54. The van der Waals surface area contributed by atoms with Crippen LogP contribution in [0.15, 0.2) is 24.3 Å². The summed E-state index contributed by atoms with van der Waals surface area (Å²) in [7, 11) is -1.89. The monoisotopic (exact) mass is 410 g/mol. The van der Waals surface area contributed by atoms with E-state index in [4.69, 9.17) is 14.6 Å². The molecule has 1 unspecified atom stereocenters. The smallest absolute Gasteiger partial charge is 0.336 e. The van der Waals surface area contributed by atoms with Crippen molar-refractivity contribution in [3.8, 4) is 11.8 Å². The van der Waals surface area contributed by atoms with Gasteiger partial charge in [-0.1, -0.05) is 12.1 Å². The molecule has 0 aliphatic carbocycles. The summed E-state index contributed by atoms with van der Waals surface area (Å²) in [5, 5.41) is 14.8. The first-order valence-corrected chi connectivity index (χ1v) is 9.31. The van der Waals surface area contributed by atoms with E-state index in [-0.39, 0.29) is 34.4 Å². The zero-order valence-corrected chi connectivity index (χ0v) is 16.0. The Labute approximate surface area is 160 Å². The highest BCUT2D eigenvalue weighted by molar-refractivity contribution is 7.90. The Balaban J connectivity index is 2.55. The number of primary sulfonamides is 1. The number of rotatable bonds is 7. The second-order valence-electron chi connectivity index (χ2n) is 5.58. The molecule has 1 heterocycles. The van der Waals surface area contributed by atoms with Gasteiger partial charge in [0.05, 0.1) is 25.8 Å². The second-order valence-corrected chi connectivity index (χ2v) is 7.23. The van der Waals surface area contributed by atoms with Crippen LogP contribution in [-0.2, 0) is 14.8 Å². The molecule has 2 rings (SSSR count). The summed E-state index contributed by atoms with van der Waals surface area (Å²) < 4.78 is 34.3. The molecule has 0 bridgehead atoms. The molecule has 4 N–H and O–H groups in total. The van der Waals surface area contributed by atoms with Crippen LogP contribution in [0.1, 0.15) is 26.7 Å². The van der Waals surface area contributed by atoms with Gasteiger partial charge >= 0.3 is 5.97 Å². The molecule has 150 valence electrons. The third-order valence-electron chi connectivity index (χ3n) is 3.72. The number of ether oxygens (including phenoxy) is 2. The molecule has 1 amide bonds. The van der Waals surface area contributed by atoms with Crippen molar-refractivity contribution in [3.63, 3.8) is 0 Å². The van der Waals surface area contributed by atoms with Gasteiger partial charge in [-0.05, 0) is 24.1 Å². The predicted octanol–water partition coefficient (Wildman–Crippen LogP) is 0.469. The number of benzene rings is 1. The van der Waals surface area contributed by atoms with Crippen molar-refractivity contribution in [1.29, 1.82) is 0 Å². The first-order chi connectivity index (χ1) is 13.1. The fourth-order valence-electron chi connectivity index (χ4n) is 2.50. The average Bonchev–Trinajstić information content (AvgIpc) is 2.61. The van der Waals surface area contributed by atoms with Gasteiger partial charge in [-0.2, -0.15) is 9.97 Å². The number of amides is 1. The molecular weight excluding hydrogens is 392 g/mol. The van der Waals surface area contributed by atoms with Crippen molar-refractivity contribution < 1.29 is 32.6 Å². The van der Waals surface area contributed by atoms with Crippen molar-refractivity contribution in [2.75, 3.05) is 19.5 Å². The number of carbonyl (C=O) groups is 2. The predicted molar refractivity (Wildman–Crippen MR) is 97.8 cm³/mol. The molecule has 2 aromatic rings. The maximum absolute atomic E-state index is 12.8. The molecule has 0 aliphatic heterocycles. The number of carboxylic acids is 1. The van der Waals surface area contributed by atoms with Gasteiger partial charge in [0.15, 0.2) is 5.25 Å². The van der Waals surface area contributed by atoms with E-state index < -0.39 is 27.1 Å². The molecule has 1 atom stereocenters. The van der Waals surface area contributed by atoms with Crippen molar-refractivity contribution in [1.82, 2.24) is 9.97 Å². The largest absolute Gasteiger partial charge is 0.481 e. The highest BCUT2D eigenvalue weighted by Gasteiger charge is 2.36. The lowest BCUT2D eigenvalue weighted by molar-refractivity contribution is -0.116. The van der Waals surface area contributed by atoms with Gasteiger partial charge in [-0.3, -0.25) is 10.1 Å². The van der Waals surface area contributed by atoms with Crippen molar-refractivity contribution in [2.45, 2.75) is 12.2 Å². The zero-order chi connectivity index (χ0) is 21.1. The molecule has 0 saturated carbocycles. The number of carbonyl (C=O) groups excluding carboxylic acids is 1. The van der Waals surface area contributed by atoms with E-state index >= 15 is 0 Å². The van der Waals surface area contributed by atoms with E-state index in [1.807, 2.05) is 0 Å². The number of aromatic nitrogens is 2. The molecule has 0 saturated heterocycles. The highest BCUT2D eigenvalue weighted by atomic mass is 32.2. The van der Waals surface area contributed by atoms with E-state index in [1.165, 1.54) is 45.4 Å². The van der Waals surface area contributed by atoms with Crippen LogP contribution >= 0.6 is 0 Å². The Bertz CT molecular complexity index is 1000. The standard InChI is InChI=1S/C16H18N4O7S/c1-8-5-4-6-9(15(22)23)12(8)13(28(17,24)25)14(21)20-16-18-10(26-2)7-11(19-16)27-3/h4-7,13H,1-3H3,(H,22,23)(H2,17,24,25)(H,18,19,20,21). The normalized spacial score (nSPS) is 12.1. The van der Waals surface area contributed by atoms with E-state index in [9.17, 15) is 23.1 Å². The Morgan fingerprint density at radius 2 is 1.75 bits per heavy atom. The second kappa shape index (κ2) is 8.19. The van der Waals surface area contributed by atoms with Gasteiger partial charge in [-0.15, -0.1) is 0 Å². The van der Waals surface area contributed by atoms with Crippen LogP contribution in [0.25, 0.3) is 0 Å². The van der Waals surface area contributed by atoms with Gasteiger partial charge < -0.3 is 14.6 Å². The number of sulfonamides is 1. The molecule has 12 heteroatoms. The van der Waals surface area contributed by atoms with Crippen LogP contribution in [0.5, 0.6) is 11.8 Å². The van der Waals surface area contributed by atoms with Crippen LogP contribution in [-0.4, -0.2) is 49.6 Å². The number of nitrogens with two attached hydrogens (primary N) is 1. The Morgan fingerprint density at radius 1 is 1.18 bits per heavy atom. The first kappa shape index (κ1) is 21.1. The summed E-state index contributed by atoms with van der Waals surface area (Å²) >= 11 is 0. The van der Waals surface area contributed by atoms with Gasteiger partial charge in [0, 0.05) is 0 Å². The minimum absolute atomic E-state index is 0.0522. The van der Waals surface area contributed by atoms with Gasteiger partial charge in [0.2, 0.25) is 27.7 Å². The minimum Gasteiger partial charge on any atom is -0.481 e. The SMILES string of the molecule is COc1cc(OC)nc(NC(=O)C(c2c(C)cccc2C(=O)O)S(N)(=O)=O)n1. The molecule has 0 spiro atoms. The average molecular weight is 410 g/mol. The van der Waals surface area contributed by atoms with Crippen LogP contribution in [0.4, 0.5) is 5.95 Å². The molecule has 1 aromatic heterocycles. The molecular formula is C16H18N4O7S. The lowest BCUT2D eigenvalue weighted by atomic mass is 9.98. The van der Waals surface area contributed by atoms with Gasteiger partial charge in [0.1, 0.15) is 0 Å². The summed E-state index contributed by atoms with van der Waals surface area (Å²) in [6.45, 7) is 1.47. The number of anilines is 1. The molecule has 0 aliphatic rings. The first-order valence-electron chi connectivity index (χ1n) is 7.70. The molecule has 11 nitrogen and oxygen atoms in total. The number of carboxylic acid groups (broad SMARTS) is 1. The molecule has 28 heavy (non-hydrogen) atoms. The lowest BCUT2D eigenvalue weighted by Gasteiger charge is -2.19. The number of aromatic carboxylic acids is 1. The lowest BCUT2D eigenvalue weighted by Crippen LogP contribution is -2.34. The maximum atomic E-state index is 12.8. The summed E-state index contributed by atoms with van der Waals surface area (Å²) in [5.74, 6) is -2.73. The quantitative estimate of drug-likeness (QED) is 0.586. The van der Waals surface area contributed by atoms with Crippen LogP contribution in [0.3, 0.4) is 0 Å². The van der Waals surface area contributed by atoms with Crippen LogP contribution in [0, 0.1) is 6.92 Å². The fourth-order valence-corrected chi connectivity index (χ4v) is 3.50. The van der Waals surface area contributed by atoms with Gasteiger partial charge in [0.25, 0.3) is 5.91 Å². The van der Waals surface area contributed by atoms with Crippen molar-refractivity contribution in [3.05, 3.63) is 41.0 Å². The van der Waals surface area contributed by atoms with Crippen molar-refractivity contribution in [2.24, 2.45) is 5.14 Å². The number of hydrogen-bond donors (Lipinski definition) is 3. The topological polar surface area (TPSA) is 171 Å². The summed E-state index contributed by atoms with van der Waals surface area (Å²) in [4.78, 5) is 32.1. The van der Waals surface area contributed by atoms with Crippen molar-refractivity contribution >= 4 is 27.8 Å². The Hall–Kier alpha value is -3.25.